The number of aromatic nitrogens is 3. The van der Waals surface area contributed by atoms with E-state index in [1.54, 1.807) is 12.1 Å². The van der Waals surface area contributed by atoms with E-state index in [-0.39, 0.29) is 5.82 Å². The van der Waals surface area contributed by atoms with Crippen molar-refractivity contribution < 1.29 is 9.18 Å². The lowest BCUT2D eigenvalue weighted by Gasteiger charge is -2.15. The summed E-state index contributed by atoms with van der Waals surface area (Å²) in [7, 11) is 0. The van der Waals surface area contributed by atoms with E-state index >= 15 is 0 Å². The molecule has 0 spiro atoms. The van der Waals surface area contributed by atoms with Crippen molar-refractivity contribution in [1.82, 2.24) is 14.5 Å². The number of aromatic amines is 1. The maximum atomic E-state index is 13.8. The molecular weight excluding hydrogens is 465 g/mol. The Balaban J connectivity index is 1.60. The summed E-state index contributed by atoms with van der Waals surface area (Å²) in [5.41, 5.74) is 12.1. The van der Waals surface area contributed by atoms with Gasteiger partial charge in [0, 0.05) is 34.3 Å². The van der Waals surface area contributed by atoms with E-state index < -0.39 is 5.91 Å². The fourth-order valence-corrected chi connectivity index (χ4v) is 4.95. The van der Waals surface area contributed by atoms with Crippen LogP contribution in [0.15, 0.2) is 78.9 Å². The molecule has 37 heavy (non-hydrogen) atoms. The Labute approximate surface area is 212 Å². The van der Waals surface area contributed by atoms with Gasteiger partial charge in [-0.3, -0.25) is 4.79 Å². The van der Waals surface area contributed by atoms with Crippen LogP contribution in [0, 0.1) is 11.7 Å². The van der Waals surface area contributed by atoms with Crippen LogP contribution < -0.4 is 11.1 Å². The molecule has 2 heterocycles. The molecule has 0 aliphatic carbocycles. The van der Waals surface area contributed by atoms with Crippen molar-refractivity contribution in [2.24, 2.45) is 11.7 Å². The number of primary amides is 1. The normalized spacial score (nSPS) is 11.7. The van der Waals surface area contributed by atoms with Gasteiger partial charge < -0.3 is 20.6 Å². The van der Waals surface area contributed by atoms with E-state index in [2.05, 4.69) is 46.9 Å². The maximum absolute atomic E-state index is 13.8. The summed E-state index contributed by atoms with van der Waals surface area (Å²) >= 11 is 0. The van der Waals surface area contributed by atoms with E-state index in [9.17, 15) is 9.18 Å². The van der Waals surface area contributed by atoms with Gasteiger partial charge in [0.2, 0.25) is 0 Å². The molecule has 0 unspecified atom stereocenters. The number of H-pyrrole nitrogens is 1. The first-order chi connectivity index (χ1) is 17.9. The summed E-state index contributed by atoms with van der Waals surface area (Å²) in [5, 5.41) is 5.49. The fraction of sp³-hybridized carbons (Fsp3) is 0.133. The van der Waals surface area contributed by atoms with Crippen molar-refractivity contribution in [2.75, 3.05) is 11.9 Å². The lowest BCUT2D eigenvalue weighted by molar-refractivity contribution is 0.100. The van der Waals surface area contributed by atoms with Crippen LogP contribution in [0.2, 0.25) is 0 Å². The number of hydrogen-bond donors (Lipinski definition) is 3. The molecule has 6 aromatic rings. The van der Waals surface area contributed by atoms with Crippen molar-refractivity contribution in [3.8, 4) is 17.1 Å². The number of benzene rings is 4. The molecular formula is C30H26FN5O. The molecule has 0 aliphatic heterocycles. The van der Waals surface area contributed by atoms with Gasteiger partial charge in [0.25, 0.3) is 5.91 Å². The number of nitrogens with one attached hydrogen (secondary N) is 2. The van der Waals surface area contributed by atoms with E-state index in [4.69, 9.17) is 10.7 Å². The third kappa shape index (κ3) is 3.89. The number of anilines is 1. The monoisotopic (exact) mass is 491 g/mol. The molecule has 0 atom stereocenters. The molecule has 0 saturated carbocycles. The van der Waals surface area contributed by atoms with Gasteiger partial charge in [-0.05, 0) is 54.4 Å². The average Bonchev–Trinajstić information content (AvgIpc) is 3.46. The number of hydrogen-bond acceptors (Lipinski definition) is 3. The Bertz CT molecular complexity index is 1810. The second-order valence-corrected chi connectivity index (χ2v) is 9.67. The zero-order valence-electron chi connectivity index (χ0n) is 20.5. The number of halogens is 1. The van der Waals surface area contributed by atoms with Crippen molar-refractivity contribution in [3.05, 3.63) is 90.2 Å². The Hall–Kier alpha value is -4.65. The summed E-state index contributed by atoms with van der Waals surface area (Å²) in [5.74, 6) is 0.303. The Morgan fingerprint density at radius 3 is 2.65 bits per heavy atom. The van der Waals surface area contributed by atoms with Gasteiger partial charge in [-0.15, -0.1) is 0 Å². The van der Waals surface area contributed by atoms with E-state index in [0.29, 0.717) is 40.6 Å². The first-order valence-corrected chi connectivity index (χ1v) is 12.3. The van der Waals surface area contributed by atoms with Gasteiger partial charge in [0.05, 0.1) is 27.6 Å². The molecule has 1 amide bonds. The van der Waals surface area contributed by atoms with Gasteiger partial charge >= 0.3 is 0 Å². The Kier molecular flexibility index (Phi) is 5.41. The molecule has 7 heteroatoms. The van der Waals surface area contributed by atoms with Crippen LogP contribution in [0.3, 0.4) is 0 Å². The molecule has 0 radical (unpaired) electrons. The third-order valence-corrected chi connectivity index (χ3v) is 6.62. The summed E-state index contributed by atoms with van der Waals surface area (Å²) in [6, 6.07) is 24.5. The van der Waals surface area contributed by atoms with Crippen LogP contribution in [-0.2, 0) is 0 Å². The predicted octanol–water partition coefficient (Wildman–Crippen LogP) is 6.63. The number of rotatable bonds is 6. The maximum Gasteiger partial charge on any atom is 0.250 e. The standard InChI is InChI=1S/C30H26FN5O/c1-17(2)16-33-24-15-19(11-12-20(24)29(32)37)36-26-8-4-3-6-21(26)28-22(7-5-9-27(28)36)30-34-23-13-10-18(31)14-25(23)35-30/h3-15,17,33H,16H2,1-2H3,(H2,32,37)(H,34,35). The first kappa shape index (κ1) is 22.8. The number of fused-ring (bicyclic) bond motifs is 4. The van der Waals surface area contributed by atoms with Crippen molar-refractivity contribution in [3.63, 3.8) is 0 Å². The van der Waals surface area contributed by atoms with Crippen molar-refractivity contribution in [1.29, 1.82) is 0 Å². The lowest BCUT2D eigenvalue weighted by atomic mass is 10.1. The molecule has 0 aliphatic rings. The largest absolute Gasteiger partial charge is 0.384 e. The Morgan fingerprint density at radius 2 is 1.84 bits per heavy atom. The SMILES string of the molecule is CC(C)CNc1cc(-n2c3ccccc3c3c(-c4nc5ccc(F)cc5[nH]4)cccc32)ccc1C(N)=O. The van der Waals surface area contributed by atoms with Crippen LogP contribution in [0.1, 0.15) is 24.2 Å². The molecule has 0 saturated heterocycles. The highest BCUT2D eigenvalue weighted by molar-refractivity contribution is 6.15. The minimum Gasteiger partial charge on any atom is -0.384 e. The molecule has 6 rings (SSSR count). The number of carbonyl (C=O) groups excluding carboxylic acids is 1. The smallest absolute Gasteiger partial charge is 0.250 e. The molecule has 2 aromatic heterocycles. The number of amides is 1. The van der Waals surface area contributed by atoms with E-state index in [1.807, 2.05) is 36.4 Å². The lowest BCUT2D eigenvalue weighted by Crippen LogP contribution is -2.17. The highest BCUT2D eigenvalue weighted by Crippen LogP contribution is 2.38. The van der Waals surface area contributed by atoms with Crippen LogP contribution in [-0.4, -0.2) is 27.0 Å². The molecule has 184 valence electrons. The van der Waals surface area contributed by atoms with Crippen LogP contribution in [0.25, 0.3) is 49.9 Å². The van der Waals surface area contributed by atoms with E-state index in [1.165, 1.54) is 12.1 Å². The van der Waals surface area contributed by atoms with Gasteiger partial charge in [-0.2, -0.15) is 0 Å². The van der Waals surface area contributed by atoms with Gasteiger partial charge in [0.1, 0.15) is 11.6 Å². The highest BCUT2D eigenvalue weighted by atomic mass is 19.1. The molecule has 4 N–H and O–H groups in total. The zero-order valence-corrected chi connectivity index (χ0v) is 20.5. The molecule has 4 aromatic carbocycles. The summed E-state index contributed by atoms with van der Waals surface area (Å²) in [6.07, 6.45) is 0. The second kappa shape index (κ2) is 8.78. The minimum absolute atomic E-state index is 0.307. The predicted molar refractivity (Wildman–Crippen MR) is 148 cm³/mol. The summed E-state index contributed by atoms with van der Waals surface area (Å²) < 4.78 is 16.0. The minimum atomic E-state index is -0.469. The average molecular weight is 492 g/mol. The highest BCUT2D eigenvalue weighted by Gasteiger charge is 2.19. The zero-order chi connectivity index (χ0) is 25.7. The summed E-state index contributed by atoms with van der Waals surface area (Å²) in [6.45, 7) is 4.94. The number of imidazole rings is 1. The van der Waals surface area contributed by atoms with Gasteiger partial charge in [-0.25, -0.2) is 9.37 Å². The van der Waals surface area contributed by atoms with Crippen LogP contribution in [0.4, 0.5) is 10.1 Å². The molecule has 6 nitrogen and oxygen atoms in total. The molecule has 0 bridgehead atoms. The third-order valence-electron chi connectivity index (χ3n) is 6.62. The number of nitrogens with zero attached hydrogens (tertiary/aromatic N) is 2. The van der Waals surface area contributed by atoms with Gasteiger partial charge in [0.15, 0.2) is 0 Å². The summed E-state index contributed by atoms with van der Waals surface area (Å²) in [4.78, 5) is 20.2. The topological polar surface area (TPSA) is 88.7 Å². The second-order valence-electron chi connectivity index (χ2n) is 9.67. The number of nitrogens with two attached hydrogens (primary N) is 1. The number of carbonyl (C=O) groups is 1. The quantitative estimate of drug-likeness (QED) is 0.244. The van der Waals surface area contributed by atoms with Crippen LogP contribution in [0.5, 0.6) is 0 Å². The van der Waals surface area contributed by atoms with E-state index in [0.717, 1.165) is 33.1 Å². The molecule has 0 fully saturated rings. The number of para-hydroxylation sites is 1. The van der Waals surface area contributed by atoms with Crippen LogP contribution >= 0.6 is 0 Å². The Morgan fingerprint density at radius 1 is 1.03 bits per heavy atom. The van der Waals surface area contributed by atoms with Crippen molar-refractivity contribution in [2.45, 2.75) is 13.8 Å². The van der Waals surface area contributed by atoms with Crippen molar-refractivity contribution >= 4 is 44.4 Å². The fourth-order valence-electron chi connectivity index (χ4n) is 4.95. The first-order valence-electron chi connectivity index (χ1n) is 12.3. The van der Waals surface area contributed by atoms with Gasteiger partial charge in [-0.1, -0.05) is 44.2 Å².